The quantitative estimate of drug-likeness (QED) is 0.339. The monoisotopic (exact) mass is 523 g/mol. The molecule has 0 saturated carbocycles. The molecular weight excluding hydrogens is 506 g/mol. The first kappa shape index (κ1) is 23.6. The Kier molecular flexibility index (Phi) is 6.20. The fourth-order valence-corrected chi connectivity index (χ4v) is 4.31. The van der Waals surface area contributed by atoms with Gasteiger partial charge in [0.05, 0.1) is 15.6 Å². The number of aryl methyl sites for hydroxylation is 2. The van der Waals surface area contributed by atoms with Crippen LogP contribution in [0.3, 0.4) is 0 Å². The van der Waals surface area contributed by atoms with E-state index in [1.54, 1.807) is 22.8 Å². The summed E-state index contributed by atoms with van der Waals surface area (Å²) < 4.78 is 31.1. The first-order chi connectivity index (χ1) is 17.3. The Hall–Kier alpha value is -4.16. The Labute approximate surface area is 209 Å². The summed E-state index contributed by atoms with van der Waals surface area (Å²) in [5, 5.41) is 17.2. The molecule has 5 aromatic rings. The second-order valence-corrected chi connectivity index (χ2v) is 10.2. The number of benzene rings is 1. The number of nitrogens with one attached hydrogen (secondary N) is 1. The third kappa shape index (κ3) is 4.81. The molecule has 0 atom stereocenters. The van der Waals surface area contributed by atoms with Crippen molar-refractivity contribution in [2.24, 2.45) is 0 Å². The number of rotatable bonds is 7. The molecule has 11 nitrogen and oxygen atoms in total. The van der Waals surface area contributed by atoms with E-state index in [1.165, 1.54) is 24.5 Å². The normalized spacial score (nSPS) is 11.6. The Morgan fingerprint density at radius 2 is 1.86 bits per heavy atom. The second kappa shape index (κ2) is 9.47. The maximum absolute atomic E-state index is 11.8. The summed E-state index contributed by atoms with van der Waals surface area (Å²) in [6, 6.07) is 13.3. The number of H-pyrrole nitrogens is 1. The van der Waals surface area contributed by atoms with E-state index in [1.807, 2.05) is 18.2 Å². The van der Waals surface area contributed by atoms with Gasteiger partial charge in [0.2, 0.25) is 17.3 Å². The molecule has 0 amide bonds. The van der Waals surface area contributed by atoms with Gasteiger partial charge in [-0.3, -0.25) is 14.3 Å². The molecule has 4 aromatic heterocycles. The van der Waals surface area contributed by atoms with Crippen LogP contribution in [0.25, 0.3) is 28.7 Å². The molecule has 182 valence electrons. The van der Waals surface area contributed by atoms with Crippen LogP contribution in [0.4, 0.5) is 0 Å². The van der Waals surface area contributed by atoms with Crippen LogP contribution in [0.15, 0.2) is 75.0 Å². The number of aromatic nitrogens is 7. The summed E-state index contributed by atoms with van der Waals surface area (Å²) in [5.74, 6) is 1.55. The van der Waals surface area contributed by atoms with E-state index in [0.29, 0.717) is 52.3 Å². The highest BCUT2D eigenvalue weighted by atomic mass is 35.5. The van der Waals surface area contributed by atoms with Crippen LogP contribution < -0.4 is 5.56 Å². The Bertz CT molecular complexity index is 1710. The van der Waals surface area contributed by atoms with Crippen LogP contribution in [0, 0.1) is 0 Å². The molecule has 36 heavy (non-hydrogen) atoms. The SMILES string of the molecule is CS(=O)(=O)c1ccc(-c2nnc(CCc3nnc(-c4cc[nH]c(=O)c4)o3)n2-c2ccccc2Cl)nc1. The third-order valence-corrected chi connectivity index (χ3v) is 6.69. The number of hydrogen-bond donors (Lipinski definition) is 1. The van der Waals surface area contributed by atoms with E-state index in [0.717, 1.165) is 6.26 Å². The van der Waals surface area contributed by atoms with Crippen molar-refractivity contribution in [3.8, 4) is 28.7 Å². The van der Waals surface area contributed by atoms with Crippen molar-refractivity contribution < 1.29 is 12.8 Å². The van der Waals surface area contributed by atoms with Gasteiger partial charge in [-0.25, -0.2) is 8.42 Å². The van der Waals surface area contributed by atoms with E-state index in [-0.39, 0.29) is 16.3 Å². The van der Waals surface area contributed by atoms with Crippen molar-refractivity contribution in [2.75, 3.05) is 6.26 Å². The third-order valence-electron chi connectivity index (χ3n) is 5.27. The van der Waals surface area contributed by atoms with Gasteiger partial charge in [0.25, 0.3) is 0 Å². The van der Waals surface area contributed by atoms with E-state index < -0.39 is 9.84 Å². The average molecular weight is 524 g/mol. The molecule has 13 heteroatoms. The molecule has 0 aliphatic heterocycles. The van der Waals surface area contributed by atoms with Crippen LogP contribution in [0.2, 0.25) is 5.02 Å². The zero-order valence-corrected chi connectivity index (χ0v) is 20.4. The summed E-state index contributed by atoms with van der Waals surface area (Å²) in [6.45, 7) is 0. The maximum Gasteiger partial charge on any atom is 0.248 e. The highest BCUT2D eigenvalue weighted by molar-refractivity contribution is 7.90. The van der Waals surface area contributed by atoms with E-state index in [9.17, 15) is 13.2 Å². The number of sulfone groups is 1. The average Bonchev–Trinajstić information content (AvgIpc) is 3.50. The standard InChI is InChI=1S/C23H18ClN7O4S/c1-36(33,34)15-6-7-17(26-13-15)22-29-27-19(31(22)18-5-3-2-4-16(18)24)8-9-21-28-30-23(35-21)14-10-11-25-20(32)12-14/h2-7,10-13H,8-9H2,1H3,(H,25,32). The highest BCUT2D eigenvalue weighted by Crippen LogP contribution is 2.28. The molecule has 0 bridgehead atoms. The first-order valence-corrected chi connectivity index (χ1v) is 12.9. The molecule has 0 radical (unpaired) electrons. The number of pyridine rings is 2. The van der Waals surface area contributed by atoms with Crippen molar-refractivity contribution in [3.63, 3.8) is 0 Å². The van der Waals surface area contributed by atoms with Gasteiger partial charge in [-0.2, -0.15) is 0 Å². The topological polar surface area (TPSA) is 150 Å². The lowest BCUT2D eigenvalue weighted by Crippen LogP contribution is -2.06. The number of aromatic amines is 1. The number of hydrogen-bond acceptors (Lipinski definition) is 9. The van der Waals surface area contributed by atoms with Crippen molar-refractivity contribution >= 4 is 21.4 Å². The fourth-order valence-electron chi connectivity index (χ4n) is 3.53. The van der Waals surface area contributed by atoms with Gasteiger partial charge in [0.15, 0.2) is 15.7 Å². The van der Waals surface area contributed by atoms with E-state index in [4.69, 9.17) is 16.0 Å². The molecule has 0 spiro atoms. The summed E-state index contributed by atoms with van der Waals surface area (Å²) >= 11 is 6.49. The van der Waals surface area contributed by atoms with Gasteiger partial charge < -0.3 is 9.40 Å². The van der Waals surface area contributed by atoms with Crippen LogP contribution in [0.5, 0.6) is 0 Å². The molecule has 0 saturated heterocycles. The van der Waals surface area contributed by atoms with Crippen molar-refractivity contribution in [3.05, 3.63) is 88.0 Å². The minimum atomic E-state index is -3.39. The number of nitrogens with zero attached hydrogens (tertiary/aromatic N) is 6. The van der Waals surface area contributed by atoms with Crippen LogP contribution in [-0.4, -0.2) is 49.6 Å². The van der Waals surface area contributed by atoms with Crippen LogP contribution >= 0.6 is 11.6 Å². The predicted molar refractivity (Wildman–Crippen MR) is 130 cm³/mol. The lowest BCUT2D eigenvalue weighted by Gasteiger charge is -2.11. The maximum atomic E-state index is 11.8. The number of para-hydroxylation sites is 1. The highest BCUT2D eigenvalue weighted by Gasteiger charge is 2.20. The van der Waals surface area contributed by atoms with Crippen molar-refractivity contribution in [1.29, 1.82) is 0 Å². The zero-order chi connectivity index (χ0) is 25.3. The Morgan fingerprint density at radius 3 is 2.58 bits per heavy atom. The molecule has 4 heterocycles. The zero-order valence-electron chi connectivity index (χ0n) is 18.8. The van der Waals surface area contributed by atoms with Crippen LogP contribution in [-0.2, 0) is 22.7 Å². The Balaban J connectivity index is 1.48. The molecular formula is C23H18ClN7O4S. The molecule has 1 N–H and O–H groups in total. The molecule has 0 fully saturated rings. The molecule has 1 aromatic carbocycles. The minimum absolute atomic E-state index is 0.0999. The van der Waals surface area contributed by atoms with Crippen molar-refractivity contribution in [2.45, 2.75) is 17.7 Å². The lowest BCUT2D eigenvalue weighted by atomic mass is 10.2. The lowest BCUT2D eigenvalue weighted by molar-refractivity contribution is 0.501. The van der Waals surface area contributed by atoms with Gasteiger partial charge in [-0.15, -0.1) is 20.4 Å². The van der Waals surface area contributed by atoms with Gasteiger partial charge >= 0.3 is 0 Å². The largest absolute Gasteiger partial charge is 0.421 e. The van der Waals surface area contributed by atoms with Crippen molar-refractivity contribution in [1.82, 2.24) is 34.9 Å². The summed E-state index contributed by atoms with van der Waals surface area (Å²) in [7, 11) is -3.39. The predicted octanol–water partition coefficient (Wildman–Crippen LogP) is 2.91. The van der Waals surface area contributed by atoms with Gasteiger partial charge in [-0.05, 0) is 30.3 Å². The molecule has 0 unspecified atom stereocenters. The number of halogens is 1. The summed E-state index contributed by atoms with van der Waals surface area (Å²) in [6.07, 6.45) is 4.62. The van der Waals surface area contributed by atoms with Crippen LogP contribution in [0.1, 0.15) is 11.7 Å². The second-order valence-electron chi connectivity index (χ2n) is 7.82. The summed E-state index contributed by atoms with van der Waals surface area (Å²) in [5.41, 5.74) is 1.31. The van der Waals surface area contributed by atoms with E-state index >= 15 is 0 Å². The minimum Gasteiger partial charge on any atom is -0.421 e. The smallest absolute Gasteiger partial charge is 0.248 e. The Morgan fingerprint density at radius 1 is 1.03 bits per heavy atom. The van der Waals surface area contributed by atoms with Gasteiger partial charge in [0.1, 0.15) is 11.5 Å². The van der Waals surface area contributed by atoms with E-state index in [2.05, 4.69) is 30.4 Å². The molecule has 5 rings (SSSR count). The summed E-state index contributed by atoms with van der Waals surface area (Å²) in [4.78, 5) is 18.5. The first-order valence-electron chi connectivity index (χ1n) is 10.7. The van der Waals surface area contributed by atoms with Gasteiger partial charge in [-0.1, -0.05) is 23.7 Å². The fraction of sp³-hybridized carbons (Fsp3) is 0.130. The van der Waals surface area contributed by atoms with Gasteiger partial charge in [0, 0.05) is 43.1 Å². The molecule has 0 aliphatic carbocycles. The molecule has 0 aliphatic rings.